The average molecular weight is 494 g/mol. The third-order valence-corrected chi connectivity index (χ3v) is 6.97. The summed E-state index contributed by atoms with van der Waals surface area (Å²) in [6.45, 7) is 2.07. The molecular weight excluding hydrogens is 466 g/mol. The molecule has 1 atom stereocenters. The van der Waals surface area contributed by atoms with E-state index >= 15 is 0 Å². The lowest BCUT2D eigenvalue weighted by Crippen LogP contribution is -2.14. The smallest absolute Gasteiger partial charge is 0.307 e. The molecule has 1 fully saturated rings. The highest BCUT2D eigenvalue weighted by Crippen LogP contribution is 2.32. The van der Waals surface area contributed by atoms with Gasteiger partial charge in [-0.05, 0) is 59.8 Å². The maximum atomic E-state index is 11.3. The van der Waals surface area contributed by atoms with Crippen molar-refractivity contribution in [2.75, 3.05) is 18.8 Å². The van der Waals surface area contributed by atoms with Crippen LogP contribution in [0.15, 0.2) is 72.9 Å². The van der Waals surface area contributed by atoms with Gasteiger partial charge in [0.25, 0.3) is 0 Å². The number of fused-ring (bicyclic) bond motifs is 2. The second-order valence-electron chi connectivity index (χ2n) is 9.37. The van der Waals surface area contributed by atoms with Crippen LogP contribution in [0.5, 0.6) is 5.75 Å². The molecule has 4 N–H and O–H groups in total. The average Bonchev–Trinajstić information content (AvgIpc) is 3.56. The van der Waals surface area contributed by atoms with E-state index in [-0.39, 0.29) is 19.1 Å². The Balaban J connectivity index is 1.40. The molecule has 1 aliphatic heterocycles. The highest BCUT2D eigenvalue weighted by molar-refractivity contribution is 5.95. The summed E-state index contributed by atoms with van der Waals surface area (Å²) in [4.78, 5) is 15.5. The highest BCUT2D eigenvalue weighted by atomic mass is 16.5. The van der Waals surface area contributed by atoms with Gasteiger partial charge in [0, 0.05) is 29.1 Å². The lowest BCUT2D eigenvalue weighted by atomic mass is 10.00. The summed E-state index contributed by atoms with van der Waals surface area (Å²) in [6, 6.07) is 22.1. The van der Waals surface area contributed by atoms with Crippen molar-refractivity contribution in [3.63, 3.8) is 0 Å². The number of hydrogen-bond acceptors (Lipinski definition) is 6. The maximum Gasteiger partial charge on any atom is 0.307 e. The van der Waals surface area contributed by atoms with E-state index in [1.807, 2.05) is 18.2 Å². The molecule has 0 saturated carbocycles. The minimum atomic E-state index is -0.893. The van der Waals surface area contributed by atoms with Crippen LogP contribution in [-0.2, 0) is 17.8 Å². The molecule has 37 heavy (non-hydrogen) atoms. The molecule has 3 heterocycles. The van der Waals surface area contributed by atoms with Crippen molar-refractivity contribution in [3.8, 4) is 16.9 Å². The number of pyridine rings is 1. The topological polar surface area (TPSA) is 115 Å². The Bertz CT molecular complexity index is 1620. The van der Waals surface area contributed by atoms with Crippen molar-refractivity contribution in [3.05, 3.63) is 84.2 Å². The van der Waals surface area contributed by atoms with Gasteiger partial charge in [-0.3, -0.25) is 9.48 Å². The largest absolute Gasteiger partial charge is 0.487 e. The summed E-state index contributed by atoms with van der Waals surface area (Å²) in [6.07, 6.45) is 2.64. The number of rotatable bonds is 7. The molecule has 6 rings (SSSR count). The molecular formula is C29H27N5O3. The first-order chi connectivity index (χ1) is 18.1. The number of ether oxygens (including phenoxy) is 1. The fourth-order valence-electron chi connectivity index (χ4n) is 5.09. The van der Waals surface area contributed by atoms with E-state index in [1.165, 1.54) is 0 Å². The fraction of sp³-hybridized carbons (Fsp3) is 0.207. The molecule has 0 bridgehead atoms. The molecule has 5 aromatic rings. The van der Waals surface area contributed by atoms with E-state index < -0.39 is 5.97 Å². The minimum Gasteiger partial charge on any atom is -0.487 e. The van der Waals surface area contributed by atoms with Gasteiger partial charge in [-0.2, -0.15) is 5.10 Å². The normalized spacial score (nSPS) is 15.4. The van der Waals surface area contributed by atoms with Crippen molar-refractivity contribution in [2.24, 2.45) is 0 Å². The van der Waals surface area contributed by atoms with E-state index in [9.17, 15) is 9.90 Å². The number of nitrogen functional groups attached to an aromatic ring is 1. The van der Waals surface area contributed by atoms with Crippen molar-refractivity contribution in [1.82, 2.24) is 20.1 Å². The monoisotopic (exact) mass is 493 g/mol. The number of carboxylic acids is 1. The van der Waals surface area contributed by atoms with Crippen LogP contribution in [0, 0.1) is 0 Å². The lowest BCUT2D eigenvalue weighted by Gasteiger charge is -2.11. The van der Waals surface area contributed by atoms with Crippen LogP contribution in [0.1, 0.15) is 23.7 Å². The first-order valence-electron chi connectivity index (χ1n) is 12.4. The number of aliphatic carboxylic acids is 1. The summed E-state index contributed by atoms with van der Waals surface area (Å²) < 4.78 is 8.25. The van der Waals surface area contributed by atoms with Crippen LogP contribution in [0.4, 0.5) is 5.82 Å². The summed E-state index contributed by atoms with van der Waals surface area (Å²) in [5, 5.41) is 20.7. The number of nitrogens with two attached hydrogens (primary N) is 1. The van der Waals surface area contributed by atoms with Crippen LogP contribution < -0.4 is 15.8 Å². The van der Waals surface area contributed by atoms with Gasteiger partial charge in [0.1, 0.15) is 23.9 Å². The Morgan fingerprint density at radius 1 is 1.08 bits per heavy atom. The summed E-state index contributed by atoms with van der Waals surface area (Å²) >= 11 is 0. The number of aromatic nitrogens is 3. The summed E-state index contributed by atoms with van der Waals surface area (Å²) in [5.74, 6) is 0.176. The van der Waals surface area contributed by atoms with Gasteiger partial charge in [0.05, 0.1) is 18.0 Å². The molecule has 1 unspecified atom stereocenters. The predicted molar refractivity (Wildman–Crippen MR) is 144 cm³/mol. The Morgan fingerprint density at radius 2 is 1.89 bits per heavy atom. The lowest BCUT2D eigenvalue weighted by molar-refractivity contribution is -0.136. The van der Waals surface area contributed by atoms with Gasteiger partial charge in [0.2, 0.25) is 0 Å². The molecule has 0 spiro atoms. The van der Waals surface area contributed by atoms with E-state index in [4.69, 9.17) is 15.6 Å². The Labute approximate surface area is 213 Å². The zero-order valence-electron chi connectivity index (χ0n) is 20.2. The van der Waals surface area contributed by atoms with Crippen LogP contribution in [0.3, 0.4) is 0 Å². The second kappa shape index (κ2) is 9.55. The minimum absolute atomic E-state index is 0.0940. The summed E-state index contributed by atoms with van der Waals surface area (Å²) in [5.41, 5.74) is 10.7. The number of hydrogen-bond donors (Lipinski definition) is 3. The molecule has 0 amide bonds. The Hall–Kier alpha value is -4.43. The first kappa shape index (κ1) is 23.0. The van der Waals surface area contributed by atoms with Gasteiger partial charge < -0.3 is 20.9 Å². The zero-order chi connectivity index (χ0) is 25.4. The maximum absolute atomic E-state index is 11.3. The molecule has 1 aliphatic rings. The first-order valence-corrected chi connectivity index (χ1v) is 12.4. The Morgan fingerprint density at radius 3 is 2.70 bits per heavy atom. The predicted octanol–water partition coefficient (Wildman–Crippen LogP) is 4.57. The molecule has 0 radical (unpaired) electrons. The van der Waals surface area contributed by atoms with E-state index in [0.29, 0.717) is 17.1 Å². The van der Waals surface area contributed by atoms with Gasteiger partial charge in [-0.25, -0.2) is 4.98 Å². The molecule has 186 valence electrons. The molecule has 0 aliphatic carbocycles. The van der Waals surface area contributed by atoms with Gasteiger partial charge in [0.15, 0.2) is 0 Å². The quantitative estimate of drug-likeness (QED) is 0.304. The molecule has 8 heteroatoms. The van der Waals surface area contributed by atoms with Crippen LogP contribution in [0.2, 0.25) is 0 Å². The van der Waals surface area contributed by atoms with E-state index in [2.05, 4.69) is 51.4 Å². The molecule has 2 aromatic heterocycles. The zero-order valence-corrected chi connectivity index (χ0v) is 20.2. The third-order valence-electron chi connectivity index (χ3n) is 6.97. The van der Waals surface area contributed by atoms with Crippen molar-refractivity contribution in [1.29, 1.82) is 0 Å². The number of para-hydroxylation sites is 1. The van der Waals surface area contributed by atoms with Crippen LogP contribution in [-0.4, -0.2) is 38.9 Å². The second-order valence-corrected chi connectivity index (χ2v) is 9.37. The summed E-state index contributed by atoms with van der Waals surface area (Å²) in [7, 11) is 0. The molecule has 1 saturated heterocycles. The molecule has 8 nitrogen and oxygen atoms in total. The van der Waals surface area contributed by atoms with E-state index in [0.717, 1.165) is 58.0 Å². The number of benzene rings is 3. The van der Waals surface area contributed by atoms with Crippen LogP contribution in [0.25, 0.3) is 32.8 Å². The molecule has 3 aromatic carbocycles. The fourth-order valence-corrected chi connectivity index (χ4v) is 5.09. The number of carboxylic acid groups (broad SMARTS) is 1. The Kier molecular flexibility index (Phi) is 5.94. The van der Waals surface area contributed by atoms with Crippen molar-refractivity contribution >= 4 is 33.5 Å². The van der Waals surface area contributed by atoms with Gasteiger partial charge >= 0.3 is 5.97 Å². The van der Waals surface area contributed by atoms with E-state index in [1.54, 1.807) is 18.3 Å². The number of carbonyl (C=O) groups is 1. The van der Waals surface area contributed by atoms with Crippen LogP contribution >= 0.6 is 0 Å². The number of nitrogens with zero attached hydrogens (tertiary/aromatic N) is 3. The van der Waals surface area contributed by atoms with Gasteiger partial charge in [-0.1, -0.05) is 36.4 Å². The SMILES string of the molecule is Nc1nccc2ccc(-c3ccc4c(c3)c(COc3ccccc3CC(=O)O)nn4C3CCNC3)cc12. The van der Waals surface area contributed by atoms with Crippen molar-refractivity contribution in [2.45, 2.75) is 25.5 Å². The third kappa shape index (κ3) is 4.47. The van der Waals surface area contributed by atoms with Crippen molar-refractivity contribution < 1.29 is 14.6 Å². The highest BCUT2D eigenvalue weighted by Gasteiger charge is 2.22. The standard InChI is InChI=1S/C29H27N5O3/c30-29-23-13-19(6-5-18(23)9-12-32-29)20-7-8-26-24(14-20)25(33-34(26)22-10-11-31-16-22)17-37-27-4-2-1-3-21(27)15-28(35)36/h1-9,12-14,22,31H,10-11,15-17H2,(H2,30,32)(H,35,36). The van der Waals surface area contributed by atoms with Gasteiger partial charge in [-0.15, -0.1) is 0 Å². The number of nitrogens with one attached hydrogen (secondary N) is 1. The number of anilines is 1.